The summed E-state index contributed by atoms with van der Waals surface area (Å²) in [7, 11) is 0. The number of nitrogens with one attached hydrogen (secondary N) is 1. The molecule has 0 saturated heterocycles. The van der Waals surface area contributed by atoms with Gasteiger partial charge in [-0.3, -0.25) is 15.4 Å². The van der Waals surface area contributed by atoms with Crippen LogP contribution in [0.3, 0.4) is 0 Å². The number of benzene rings is 1. The van der Waals surface area contributed by atoms with Gasteiger partial charge < -0.3 is 20.2 Å². The lowest BCUT2D eigenvalue weighted by Gasteiger charge is -2.26. The van der Waals surface area contributed by atoms with Gasteiger partial charge in [0.1, 0.15) is 6.23 Å². The molecule has 0 saturated carbocycles. The molecule has 1 atom stereocenters. The van der Waals surface area contributed by atoms with E-state index in [-0.39, 0.29) is 38.5 Å². The van der Waals surface area contributed by atoms with E-state index >= 15 is 0 Å². The number of aliphatic hydroxyl groups is 3. The van der Waals surface area contributed by atoms with Gasteiger partial charge in [0.15, 0.2) is 0 Å². The zero-order valence-corrected chi connectivity index (χ0v) is 11.0. The number of nitrogens with zero attached hydrogens (tertiary/aromatic N) is 2. The van der Waals surface area contributed by atoms with Crippen molar-refractivity contribution in [3.05, 3.63) is 34.4 Å². The number of nitro groups is 1. The molecule has 0 aliphatic carbocycles. The maximum atomic E-state index is 10.7. The van der Waals surface area contributed by atoms with Gasteiger partial charge in [-0.25, -0.2) is 0 Å². The molecule has 0 radical (unpaired) electrons. The zero-order chi connectivity index (χ0) is 15.0. The molecule has 1 rings (SSSR count). The van der Waals surface area contributed by atoms with Gasteiger partial charge in [0.05, 0.1) is 24.7 Å². The maximum absolute atomic E-state index is 10.7. The van der Waals surface area contributed by atoms with Crippen LogP contribution in [0.1, 0.15) is 0 Å². The van der Waals surface area contributed by atoms with Crippen LogP contribution in [0.5, 0.6) is 0 Å². The van der Waals surface area contributed by atoms with Crippen molar-refractivity contribution in [2.24, 2.45) is 0 Å². The molecule has 0 heterocycles. The first-order valence-electron chi connectivity index (χ1n) is 6.21. The first-order valence-corrected chi connectivity index (χ1v) is 6.21. The molecule has 112 valence electrons. The summed E-state index contributed by atoms with van der Waals surface area (Å²) in [4.78, 5) is 11.9. The molecule has 0 fully saturated rings. The zero-order valence-electron chi connectivity index (χ0n) is 11.0. The Kier molecular flexibility index (Phi) is 6.88. The number of rotatable bonds is 9. The molecular formula is C12H19N3O5. The van der Waals surface area contributed by atoms with Crippen molar-refractivity contribution in [1.29, 1.82) is 0 Å². The number of anilines is 1. The van der Waals surface area contributed by atoms with Crippen molar-refractivity contribution in [3.63, 3.8) is 0 Å². The predicted molar refractivity (Wildman–Crippen MR) is 73.5 cm³/mol. The number of hydrogen-bond donors (Lipinski definition) is 4. The van der Waals surface area contributed by atoms with Crippen LogP contribution < -0.4 is 10.2 Å². The summed E-state index contributed by atoms with van der Waals surface area (Å²) in [6, 6.07) is 5.97. The van der Waals surface area contributed by atoms with E-state index in [9.17, 15) is 15.2 Å². The molecule has 8 nitrogen and oxygen atoms in total. The Morgan fingerprint density at radius 2 is 2.10 bits per heavy atom. The van der Waals surface area contributed by atoms with Crippen LogP contribution in [0.15, 0.2) is 24.3 Å². The van der Waals surface area contributed by atoms with Gasteiger partial charge in [-0.1, -0.05) is 6.07 Å². The molecule has 0 bridgehead atoms. The van der Waals surface area contributed by atoms with Crippen molar-refractivity contribution in [2.75, 3.05) is 37.7 Å². The number of non-ortho nitro benzene ring substituents is 1. The van der Waals surface area contributed by atoms with Crippen molar-refractivity contribution in [3.8, 4) is 0 Å². The normalized spacial score (nSPS) is 12.2. The molecule has 1 aromatic carbocycles. The first-order chi connectivity index (χ1) is 9.58. The Bertz CT molecular complexity index is 429. The lowest BCUT2D eigenvalue weighted by atomic mass is 10.2. The summed E-state index contributed by atoms with van der Waals surface area (Å²) < 4.78 is 0. The van der Waals surface area contributed by atoms with E-state index in [0.717, 1.165) is 0 Å². The van der Waals surface area contributed by atoms with Gasteiger partial charge in [-0.05, 0) is 6.07 Å². The highest BCUT2D eigenvalue weighted by Crippen LogP contribution is 2.20. The van der Waals surface area contributed by atoms with Gasteiger partial charge in [0.2, 0.25) is 0 Å². The minimum Gasteiger partial charge on any atom is -0.395 e. The average molecular weight is 285 g/mol. The topological polar surface area (TPSA) is 119 Å². The van der Waals surface area contributed by atoms with E-state index < -0.39 is 11.2 Å². The summed E-state index contributed by atoms with van der Waals surface area (Å²) in [5, 5.41) is 40.9. The van der Waals surface area contributed by atoms with Gasteiger partial charge >= 0.3 is 0 Å². The summed E-state index contributed by atoms with van der Waals surface area (Å²) >= 11 is 0. The molecule has 0 aliphatic rings. The Labute approximate surface area is 116 Å². The Hall–Kier alpha value is -1.74. The Morgan fingerprint density at radius 1 is 1.35 bits per heavy atom. The molecule has 20 heavy (non-hydrogen) atoms. The molecule has 4 N–H and O–H groups in total. The minimum atomic E-state index is -0.909. The van der Waals surface area contributed by atoms with E-state index in [2.05, 4.69) is 5.32 Å². The van der Waals surface area contributed by atoms with E-state index in [1.807, 2.05) is 0 Å². The lowest BCUT2D eigenvalue weighted by Crippen LogP contribution is -2.43. The molecule has 0 aromatic heterocycles. The summed E-state index contributed by atoms with van der Waals surface area (Å²) in [6.07, 6.45) is -0.909. The fraction of sp³-hybridized carbons (Fsp3) is 0.500. The fourth-order valence-corrected chi connectivity index (χ4v) is 1.75. The molecule has 8 heteroatoms. The average Bonchev–Trinajstić information content (AvgIpc) is 2.44. The van der Waals surface area contributed by atoms with Crippen molar-refractivity contribution in [1.82, 2.24) is 5.32 Å². The molecule has 1 unspecified atom stereocenters. The number of aliphatic hydroxyl groups excluding tert-OH is 3. The number of hydrogen-bond acceptors (Lipinski definition) is 7. The molecule has 0 aliphatic heterocycles. The molecule has 0 amide bonds. The highest BCUT2D eigenvalue weighted by Gasteiger charge is 2.14. The Balaban J connectivity index is 2.79. The Morgan fingerprint density at radius 3 is 2.70 bits per heavy atom. The highest BCUT2D eigenvalue weighted by atomic mass is 16.6. The largest absolute Gasteiger partial charge is 0.395 e. The summed E-state index contributed by atoms with van der Waals surface area (Å²) in [5.41, 5.74) is 0.487. The molecular weight excluding hydrogens is 266 g/mol. The second-order valence-corrected chi connectivity index (χ2v) is 4.14. The quantitative estimate of drug-likeness (QED) is 0.269. The van der Waals surface area contributed by atoms with Crippen molar-refractivity contribution < 1.29 is 20.2 Å². The van der Waals surface area contributed by atoms with Gasteiger partial charge in [0, 0.05) is 30.9 Å². The summed E-state index contributed by atoms with van der Waals surface area (Å²) in [5.74, 6) is 0. The van der Waals surface area contributed by atoms with Gasteiger partial charge in [-0.15, -0.1) is 0 Å². The SMILES string of the molecule is O=[N+]([O-])c1cccc(N(CCO)CC(O)NCCO)c1. The second kappa shape index (κ2) is 8.43. The van der Waals surface area contributed by atoms with Crippen LogP contribution >= 0.6 is 0 Å². The smallest absolute Gasteiger partial charge is 0.271 e. The lowest BCUT2D eigenvalue weighted by molar-refractivity contribution is -0.384. The van der Waals surface area contributed by atoms with Crippen LogP contribution in [0.2, 0.25) is 0 Å². The van der Waals surface area contributed by atoms with Crippen molar-refractivity contribution in [2.45, 2.75) is 6.23 Å². The monoisotopic (exact) mass is 285 g/mol. The van der Waals surface area contributed by atoms with Gasteiger partial charge in [0.25, 0.3) is 5.69 Å². The van der Waals surface area contributed by atoms with E-state index in [1.54, 1.807) is 17.0 Å². The third kappa shape index (κ3) is 5.10. The summed E-state index contributed by atoms with van der Waals surface area (Å²) in [6.45, 7) is 0.368. The van der Waals surface area contributed by atoms with Crippen LogP contribution in [0, 0.1) is 10.1 Å². The standard InChI is InChI=1S/C12H19N3O5/c16-6-4-13-12(18)9-14(5-7-17)10-2-1-3-11(8-10)15(19)20/h1-3,8,12-13,16-18H,4-7,9H2. The van der Waals surface area contributed by atoms with Crippen LogP contribution in [-0.2, 0) is 0 Å². The molecule has 1 aromatic rings. The first kappa shape index (κ1) is 16.3. The second-order valence-electron chi connectivity index (χ2n) is 4.14. The third-order valence-corrected chi connectivity index (χ3v) is 2.66. The fourth-order valence-electron chi connectivity index (χ4n) is 1.75. The van der Waals surface area contributed by atoms with Crippen LogP contribution in [0.4, 0.5) is 11.4 Å². The van der Waals surface area contributed by atoms with Crippen molar-refractivity contribution >= 4 is 11.4 Å². The van der Waals surface area contributed by atoms with E-state index in [1.165, 1.54) is 12.1 Å². The van der Waals surface area contributed by atoms with Crippen LogP contribution in [-0.4, -0.2) is 59.3 Å². The third-order valence-electron chi connectivity index (χ3n) is 2.66. The predicted octanol–water partition coefficient (Wildman–Crippen LogP) is -0.706. The molecule has 0 spiro atoms. The minimum absolute atomic E-state index is 0.0525. The van der Waals surface area contributed by atoms with Crippen LogP contribution in [0.25, 0.3) is 0 Å². The van der Waals surface area contributed by atoms with Gasteiger partial charge in [-0.2, -0.15) is 0 Å². The number of nitro benzene ring substituents is 1. The maximum Gasteiger partial charge on any atom is 0.271 e. The highest BCUT2D eigenvalue weighted by molar-refractivity contribution is 5.53. The van der Waals surface area contributed by atoms with E-state index in [0.29, 0.717) is 5.69 Å². The van der Waals surface area contributed by atoms with E-state index in [4.69, 9.17) is 10.2 Å².